The minimum absolute atomic E-state index is 0.172. The second-order valence-corrected chi connectivity index (χ2v) is 11.3. The fraction of sp³-hybridized carbons (Fsp3) is 0.542. The summed E-state index contributed by atoms with van der Waals surface area (Å²) in [6, 6.07) is 10.2. The van der Waals surface area contributed by atoms with Gasteiger partial charge in [0.15, 0.2) is 0 Å². The summed E-state index contributed by atoms with van der Waals surface area (Å²) in [6.07, 6.45) is 1.03. The zero-order chi connectivity index (χ0) is 23.5. The number of sulfonamides is 1. The summed E-state index contributed by atoms with van der Waals surface area (Å²) in [5.41, 5.74) is 0.367. The number of carbonyl (C=O) groups excluding carboxylic acids is 1. The number of hydrogen-bond acceptors (Lipinski definition) is 5. The zero-order valence-electron chi connectivity index (χ0n) is 19.7. The molecule has 0 radical (unpaired) electrons. The average Bonchev–Trinajstić information content (AvgIpc) is 3.14. The van der Waals surface area contributed by atoms with Gasteiger partial charge in [0.1, 0.15) is 11.5 Å². The molecule has 8 heteroatoms. The van der Waals surface area contributed by atoms with Crippen molar-refractivity contribution in [1.29, 1.82) is 0 Å². The SMILES string of the molecule is Cc1ccc(CN(CCN(C)C)C(=O)c2cccc(S(=O)(=O)N3CC(C)CC(C)C3)c2)o1. The first kappa shape index (κ1) is 24.5. The van der Waals surface area contributed by atoms with Crippen LogP contribution in [0, 0.1) is 18.8 Å². The Morgan fingerprint density at radius 2 is 1.78 bits per heavy atom. The zero-order valence-corrected chi connectivity index (χ0v) is 20.6. The molecule has 1 amide bonds. The highest BCUT2D eigenvalue weighted by molar-refractivity contribution is 7.89. The van der Waals surface area contributed by atoms with Crippen LogP contribution in [0.5, 0.6) is 0 Å². The molecule has 32 heavy (non-hydrogen) atoms. The number of hydrogen-bond donors (Lipinski definition) is 0. The topological polar surface area (TPSA) is 74.1 Å². The van der Waals surface area contributed by atoms with Gasteiger partial charge in [0.05, 0.1) is 11.4 Å². The van der Waals surface area contributed by atoms with Crippen LogP contribution in [0.4, 0.5) is 0 Å². The summed E-state index contributed by atoms with van der Waals surface area (Å²) >= 11 is 0. The molecule has 1 aromatic heterocycles. The maximum Gasteiger partial charge on any atom is 0.254 e. The van der Waals surface area contributed by atoms with Crippen LogP contribution in [0.2, 0.25) is 0 Å². The number of nitrogens with zero attached hydrogens (tertiary/aromatic N) is 3. The Morgan fingerprint density at radius 3 is 2.38 bits per heavy atom. The van der Waals surface area contributed by atoms with Crippen LogP contribution in [0.15, 0.2) is 45.7 Å². The van der Waals surface area contributed by atoms with E-state index in [1.54, 1.807) is 27.4 Å². The van der Waals surface area contributed by atoms with Gasteiger partial charge in [-0.2, -0.15) is 4.31 Å². The molecular weight excluding hydrogens is 426 g/mol. The van der Waals surface area contributed by atoms with Crippen LogP contribution in [-0.2, 0) is 16.6 Å². The first-order valence-electron chi connectivity index (χ1n) is 11.2. The van der Waals surface area contributed by atoms with Crippen LogP contribution < -0.4 is 0 Å². The third-order valence-electron chi connectivity index (χ3n) is 5.80. The summed E-state index contributed by atoms with van der Waals surface area (Å²) in [5.74, 6) is 1.92. The molecule has 3 rings (SSSR count). The predicted molar refractivity (Wildman–Crippen MR) is 125 cm³/mol. The van der Waals surface area contributed by atoms with Gasteiger partial charge in [-0.3, -0.25) is 4.79 Å². The van der Waals surface area contributed by atoms with Crippen LogP contribution in [0.3, 0.4) is 0 Å². The third-order valence-corrected chi connectivity index (χ3v) is 7.63. The van der Waals surface area contributed by atoms with Crippen LogP contribution in [-0.4, -0.2) is 68.7 Å². The van der Waals surface area contributed by atoms with E-state index in [2.05, 4.69) is 13.8 Å². The molecule has 7 nitrogen and oxygen atoms in total. The predicted octanol–water partition coefficient (Wildman–Crippen LogP) is 3.46. The molecule has 0 bridgehead atoms. The van der Waals surface area contributed by atoms with Gasteiger partial charge in [0.25, 0.3) is 5.91 Å². The number of benzene rings is 1. The average molecular weight is 462 g/mol. The van der Waals surface area contributed by atoms with Crippen LogP contribution in [0.1, 0.15) is 42.1 Å². The lowest BCUT2D eigenvalue weighted by Crippen LogP contribution is -2.42. The first-order valence-corrected chi connectivity index (χ1v) is 12.6. The summed E-state index contributed by atoms with van der Waals surface area (Å²) in [7, 11) is 0.249. The Kier molecular flexibility index (Phi) is 7.79. The molecule has 2 heterocycles. The smallest absolute Gasteiger partial charge is 0.254 e. The number of likely N-dealkylation sites (N-methyl/N-ethyl adjacent to an activating group) is 1. The minimum Gasteiger partial charge on any atom is -0.464 e. The van der Waals surface area contributed by atoms with E-state index in [4.69, 9.17) is 4.42 Å². The van der Waals surface area contributed by atoms with Crippen molar-refractivity contribution in [2.75, 3.05) is 40.3 Å². The Hall–Kier alpha value is -2.16. The van der Waals surface area contributed by atoms with Gasteiger partial charge in [0.2, 0.25) is 10.0 Å². The Morgan fingerprint density at radius 1 is 1.09 bits per heavy atom. The number of rotatable bonds is 8. The van der Waals surface area contributed by atoms with Crippen molar-refractivity contribution in [3.63, 3.8) is 0 Å². The van der Waals surface area contributed by atoms with Gasteiger partial charge in [-0.05, 0) is 69.6 Å². The first-order chi connectivity index (χ1) is 15.1. The summed E-state index contributed by atoms with van der Waals surface area (Å²) in [6.45, 7) is 8.57. The molecule has 0 saturated carbocycles. The van der Waals surface area contributed by atoms with E-state index in [1.807, 2.05) is 38.1 Å². The molecule has 1 fully saturated rings. The normalized spacial score (nSPS) is 19.9. The summed E-state index contributed by atoms with van der Waals surface area (Å²) in [4.78, 5) is 17.3. The largest absolute Gasteiger partial charge is 0.464 e. The number of piperidine rings is 1. The van der Waals surface area contributed by atoms with E-state index in [1.165, 1.54) is 6.07 Å². The van der Waals surface area contributed by atoms with Crippen molar-refractivity contribution in [2.24, 2.45) is 11.8 Å². The van der Waals surface area contributed by atoms with Crippen LogP contribution in [0.25, 0.3) is 0 Å². The standard InChI is InChI=1S/C24H35N3O4S/c1-18-13-19(2)16-27(15-18)32(29,30)23-8-6-7-21(14-23)24(28)26(12-11-25(4)5)17-22-10-9-20(3)31-22/h6-10,14,18-19H,11-13,15-17H2,1-5H3. The fourth-order valence-electron chi connectivity index (χ4n) is 4.25. The van der Waals surface area contributed by atoms with Crippen molar-refractivity contribution in [1.82, 2.24) is 14.1 Å². The van der Waals surface area contributed by atoms with Gasteiger partial charge < -0.3 is 14.2 Å². The Balaban J connectivity index is 1.85. The van der Waals surface area contributed by atoms with Crippen molar-refractivity contribution in [2.45, 2.75) is 38.6 Å². The third kappa shape index (κ3) is 5.99. The van der Waals surface area contributed by atoms with Gasteiger partial charge in [-0.15, -0.1) is 0 Å². The molecule has 0 aliphatic carbocycles. The summed E-state index contributed by atoms with van der Waals surface area (Å²) in [5, 5.41) is 0. The van der Waals surface area contributed by atoms with Crippen molar-refractivity contribution < 1.29 is 17.6 Å². The molecular formula is C24H35N3O4S. The van der Waals surface area contributed by atoms with E-state index in [0.29, 0.717) is 55.9 Å². The second-order valence-electron chi connectivity index (χ2n) is 9.34. The lowest BCUT2D eigenvalue weighted by Gasteiger charge is -2.34. The lowest BCUT2D eigenvalue weighted by molar-refractivity contribution is 0.0719. The van der Waals surface area contributed by atoms with Crippen molar-refractivity contribution in [3.8, 4) is 0 Å². The van der Waals surface area contributed by atoms with Crippen molar-refractivity contribution >= 4 is 15.9 Å². The fourth-order valence-corrected chi connectivity index (χ4v) is 5.98. The number of aryl methyl sites for hydroxylation is 1. The highest BCUT2D eigenvalue weighted by Crippen LogP contribution is 2.27. The van der Waals surface area contributed by atoms with Gasteiger partial charge in [0, 0.05) is 31.7 Å². The van der Waals surface area contributed by atoms with E-state index < -0.39 is 10.0 Å². The highest BCUT2D eigenvalue weighted by Gasteiger charge is 2.32. The molecule has 2 unspecified atom stereocenters. The molecule has 1 aliphatic rings. The monoisotopic (exact) mass is 461 g/mol. The van der Waals surface area contributed by atoms with Gasteiger partial charge in [-0.25, -0.2) is 8.42 Å². The van der Waals surface area contributed by atoms with Gasteiger partial charge >= 0.3 is 0 Å². The maximum atomic E-state index is 13.4. The Bertz CT molecular complexity index is 1020. The number of furan rings is 1. The van der Waals surface area contributed by atoms with E-state index >= 15 is 0 Å². The van der Waals surface area contributed by atoms with Gasteiger partial charge in [-0.1, -0.05) is 19.9 Å². The lowest BCUT2D eigenvalue weighted by atomic mass is 9.94. The number of amides is 1. The molecule has 1 aromatic carbocycles. The molecule has 1 saturated heterocycles. The maximum absolute atomic E-state index is 13.4. The molecule has 2 atom stereocenters. The molecule has 1 aliphatic heterocycles. The summed E-state index contributed by atoms with van der Waals surface area (Å²) < 4.78 is 33.9. The van der Waals surface area contributed by atoms with Crippen molar-refractivity contribution in [3.05, 3.63) is 53.5 Å². The molecule has 0 spiro atoms. The minimum atomic E-state index is -3.66. The second kappa shape index (κ2) is 10.2. The number of carbonyl (C=O) groups is 1. The highest BCUT2D eigenvalue weighted by atomic mass is 32.2. The molecule has 176 valence electrons. The van der Waals surface area contributed by atoms with E-state index in [-0.39, 0.29) is 10.8 Å². The quantitative estimate of drug-likeness (QED) is 0.602. The molecule has 0 N–H and O–H groups in total. The van der Waals surface area contributed by atoms with E-state index in [0.717, 1.165) is 12.2 Å². The molecule has 2 aromatic rings. The van der Waals surface area contributed by atoms with E-state index in [9.17, 15) is 13.2 Å². The Labute approximate surface area is 192 Å². The van der Waals surface area contributed by atoms with Crippen LogP contribution >= 0.6 is 0 Å².